The summed E-state index contributed by atoms with van der Waals surface area (Å²) in [4.78, 5) is 4.53. The van der Waals surface area contributed by atoms with E-state index in [1.165, 1.54) is 31.4 Å². The first-order chi connectivity index (χ1) is 8.67. The molecule has 0 saturated heterocycles. The lowest BCUT2D eigenvalue weighted by Crippen LogP contribution is -2.36. The molecule has 0 bridgehead atoms. The van der Waals surface area contributed by atoms with Crippen molar-refractivity contribution in [3.05, 3.63) is 28.5 Å². The van der Waals surface area contributed by atoms with Gasteiger partial charge in [-0.1, -0.05) is 13.8 Å². The molecule has 0 spiro atoms. The van der Waals surface area contributed by atoms with Crippen molar-refractivity contribution < 1.29 is 0 Å². The van der Waals surface area contributed by atoms with E-state index in [-0.39, 0.29) is 0 Å². The molecular formula is C15H23BrN2. The van der Waals surface area contributed by atoms with Crippen LogP contribution in [0.15, 0.2) is 22.8 Å². The standard InChI is InChI=1S/C15H23BrN2/c1-3-15(4-2,11-18-13-7-8-13)9-14-6-5-12(16)10-17-14/h5-6,10,13,18H,3-4,7-9,11H2,1-2H3. The van der Waals surface area contributed by atoms with Crippen LogP contribution in [0, 0.1) is 5.41 Å². The SMILES string of the molecule is CCC(CC)(CNC1CC1)Cc1ccc(Br)cn1. The Labute approximate surface area is 119 Å². The van der Waals surface area contributed by atoms with E-state index >= 15 is 0 Å². The Balaban J connectivity index is 2.00. The van der Waals surface area contributed by atoms with Crippen molar-refractivity contribution in [3.8, 4) is 0 Å². The van der Waals surface area contributed by atoms with E-state index in [4.69, 9.17) is 0 Å². The number of hydrogen-bond donors (Lipinski definition) is 1. The monoisotopic (exact) mass is 310 g/mol. The van der Waals surface area contributed by atoms with E-state index in [1.54, 1.807) is 0 Å². The summed E-state index contributed by atoms with van der Waals surface area (Å²) >= 11 is 3.44. The van der Waals surface area contributed by atoms with E-state index in [2.05, 4.69) is 52.2 Å². The van der Waals surface area contributed by atoms with Gasteiger partial charge in [-0.3, -0.25) is 4.98 Å². The largest absolute Gasteiger partial charge is 0.313 e. The van der Waals surface area contributed by atoms with E-state index in [1.807, 2.05) is 6.20 Å². The average molecular weight is 311 g/mol. The number of nitrogens with zero attached hydrogens (tertiary/aromatic N) is 1. The first-order valence-corrected chi connectivity index (χ1v) is 7.80. The Morgan fingerprint density at radius 1 is 1.33 bits per heavy atom. The number of rotatable bonds is 7. The molecule has 1 aliphatic carbocycles. The topological polar surface area (TPSA) is 24.9 Å². The number of nitrogens with one attached hydrogen (secondary N) is 1. The molecule has 1 heterocycles. The Hall–Kier alpha value is -0.410. The molecule has 2 nitrogen and oxygen atoms in total. The first-order valence-electron chi connectivity index (χ1n) is 7.01. The Bertz CT molecular complexity index is 367. The second-order valence-corrected chi connectivity index (χ2v) is 6.42. The van der Waals surface area contributed by atoms with Crippen LogP contribution in [0.5, 0.6) is 0 Å². The average Bonchev–Trinajstić information content (AvgIpc) is 3.21. The number of aromatic nitrogens is 1. The van der Waals surface area contributed by atoms with Gasteiger partial charge < -0.3 is 5.32 Å². The highest BCUT2D eigenvalue weighted by molar-refractivity contribution is 9.10. The zero-order valence-corrected chi connectivity index (χ0v) is 13.0. The Kier molecular flexibility index (Phi) is 4.79. The van der Waals surface area contributed by atoms with Crippen molar-refractivity contribution in [1.82, 2.24) is 10.3 Å². The minimum atomic E-state index is 0.365. The molecule has 1 aromatic rings. The van der Waals surface area contributed by atoms with Crippen LogP contribution in [0.1, 0.15) is 45.2 Å². The van der Waals surface area contributed by atoms with Crippen molar-refractivity contribution in [2.24, 2.45) is 5.41 Å². The zero-order valence-electron chi connectivity index (χ0n) is 11.4. The van der Waals surface area contributed by atoms with Gasteiger partial charge in [-0.05, 0) is 65.6 Å². The molecule has 1 aromatic heterocycles. The third-order valence-electron chi connectivity index (χ3n) is 4.19. The van der Waals surface area contributed by atoms with Gasteiger partial charge in [0.2, 0.25) is 0 Å². The van der Waals surface area contributed by atoms with Gasteiger partial charge in [0.25, 0.3) is 0 Å². The molecule has 2 rings (SSSR count). The number of hydrogen-bond acceptors (Lipinski definition) is 2. The van der Waals surface area contributed by atoms with Gasteiger partial charge in [0.1, 0.15) is 0 Å². The van der Waals surface area contributed by atoms with Crippen LogP contribution in [-0.2, 0) is 6.42 Å². The summed E-state index contributed by atoms with van der Waals surface area (Å²) in [5.41, 5.74) is 1.57. The van der Waals surface area contributed by atoms with Crippen LogP contribution in [0.3, 0.4) is 0 Å². The molecule has 0 radical (unpaired) electrons. The van der Waals surface area contributed by atoms with Crippen molar-refractivity contribution in [2.45, 2.75) is 52.0 Å². The van der Waals surface area contributed by atoms with Gasteiger partial charge in [0.15, 0.2) is 0 Å². The van der Waals surface area contributed by atoms with Crippen LogP contribution in [0.2, 0.25) is 0 Å². The van der Waals surface area contributed by atoms with Crippen LogP contribution in [0.4, 0.5) is 0 Å². The van der Waals surface area contributed by atoms with Gasteiger partial charge >= 0.3 is 0 Å². The Morgan fingerprint density at radius 3 is 2.56 bits per heavy atom. The van der Waals surface area contributed by atoms with E-state index in [9.17, 15) is 0 Å². The summed E-state index contributed by atoms with van der Waals surface area (Å²) in [5, 5.41) is 3.69. The summed E-state index contributed by atoms with van der Waals surface area (Å²) < 4.78 is 1.06. The molecule has 1 fully saturated rings. The van der Waals surface area contributed by atoms with Crippen molar-refractivity contribution in [2.75, 3.05) is 6.54 Å². The molecule has 3 heteroatoms. The van der Waals surface area contributed by atoms with Crippen LogP contribution in [-0.4, -0.2) is 17.6 Å². The second-order valence-electron chi connectivity index (χ2n) is 5.51. The van der Waals surface area contributed by atoms with Crippen molar-refractivity contribution >= 4 is 15.9 Å². The van der Waals surface area contributed by atoms with Crippen molar-refractivity contribution in [3.63, 3.8) is 0 Å². The molecule has 1 aliphatic rings. The molecular weight excluding hydrogens is 288 g/mol. The fourth-order valence-corrected chi connectivity index (χ4v) is 2.59. The summed E-state index contributed by atoms with van der Waals surface area (Å²) in [7, 11) is 0. The smallest absolute Gasteiger partial charge is 0.0413 e. The lowest BCUT2D eigenvalue weighted by molar-refractivity contribution is 0.243. The first kappa shape index (κ1) is 14.0. The normalized spacial score (nSPS) is 15.9. The predicted molar refractivity (Wildman–Crippen MR) is 79.7 cm³/mol. The van der Waals surface area contributed by atoms with Gasteiger partial charge in [-0.15, -0.1) is 0 Å². The molecule has 1 N–H and O–H groups in total. The van der Waals surface area contributed by atoms with Crippen molar-refractivity contribution in [1.29, 1.82) is 0 Å². The van der Waals surface area contributed by atoms with E-state index < -0.39 is 0 Å². The minimum absolute atomic E-state index is 0.365. The third kappa shape index (κ3) is 3.79. The lowest BCUT2D eigenvalue weighted by atomic mass is 9.78. The Morgan fingerprint density at radius 2 is 2.06 bits per heavy atom. The number of pyridine rings is 1. The highest BCUT2D eigenvalue weighted by Crippen LogP contribution is 2.31. The van der Waals surface area contributed by atoms with Gasteiger partial charge in [-0.2, -0.15) is 0 Å². The van der Waals surface area contributed by atoms with Gasteiger partial charge in [-0.25, -0.2) is 0 Å². The predicted octanol–water partition coefficient (Wildman–Crippen LogP) is 3.95. The van der Waals surface area contributed by atoms with Crippen LogP contribution < -0.4 is 5.32 Å². The second kappa shape index (κ2) is 6.16. The molecule has 18 heavy (non-hydrogen) atoms. The lowest BCUT2D eigenvalue weighted by Gasteiger charge is -2.32. The maximum Gasteiger partial charge on any atom is 0.0413 e. The molecule has 0 unspecified atom stereocenters. The quantitative estimate of drug-likeness (QED) is 0.825. The van der Waals surface area contributed by atoms with Gasteiger partial charge in [0, 0.05) is 29.0 Å². The van der Waals surface area contributed by atoms with Crippen LogP contribution >= 0.6 is 15.9 Å². The number of halogens is 1. The van der Waals surface area contributed by atoms with E-state index in [0.29, 0.717) is 5.41 Å². The summed E-state index contributed by atoms with van der Waals surface area (Å²) in [6.45, 7) is 5.73. The molecule has 100 valence electrons. The molecule has 0 atom stereocenters. The molecule has 0 amide bonds. The molecule has 0 aliphatic heterocycles. The van der Waals surface area contributed by atoms with E-state index in [0.717, 1.165) is 23.5 Å². The fourth-order valence-electron chi connectivity index (χ4n) is 2.36. The third-order valence-corrected chi connectivity index (χ3v) is 4.66. The maximum absolute atomic E-state index is 4.53. The summed E-state index contributed by atoms with van der Waals surface area (Å²) in [6.07, 6.45) is 8.12. The van der Waals surface area contributed by atoms with Crippen LogP contribution in [0.25, 0.3) is 0 Å². The minimum Gasteiger partial charge on any atom is -0.313 e. The van der Waals surface area contributed by atoms with Gasteiger partial charge in [0.05, 0.1) is 0 Å². The summed E-state index contributed by atoms with van der Waals surface area (Å²) in [6, 6.07) is 5.02. The highest BCUT2D eigenvalue weighted by Gasteiger charge is 2.30. The highest BCUT2D eigenvalue weighted by atomic mass is 79.9. The molecule has 1 saturated carbocycles. The summed E-state index contributed by atoms with van der Waals surface area (Å²) in [5.74, 6) is 0. The zero-order chi connectivity index (χ0) is 13.0. The molecule has 0 aromatic carbocycles. The maximum atomic E-state index is 4.53. The fraction of sp³-hybridized carbons (Fsp3) is 0.667.